The van der Waals surface area contributed by atoms with Gasteiger partial charge in [-0.1, -0.05) is 39.0 Å². The van der Waals surface area contributed by atoms with E-state index >= 15 is 0 Å². The molecule has 20 heavy (non-hydrogen) atoms. The van der Waals surface area contributed by atoms with Gasteiger partial charge in [0.25, 0.3) is 0 Å². The Morgan fingerprint density at radius 1 is 1.20 bits per heavy atom. The predicted molar refractivity (Wildman–Crippen MR) is 84.0 cm³/mol. The van der Waals surface area contributed by atoms with Crippen LogP contribution in [0.15, 0.2) is 35.2 Å². The molecule has 0 amide bonds. The Bertz CT molecular complexity index is 450. The summed E-state index contributed by atoms with van der Waals surface area (Å²) in [4.78, 5) is 12.7. The first kappa shape index (κ1) is 15.4. The first-order valence-corrected chi connectivity index (χ1v) is 8.20. The zero-order chi connectivity index (χ0) is 14.8. The summed E-state index contributed by atoms with van der Waals surface area (Å²) in [5.41, 5.74) is 0.263. The third-order valence-corrected chi connectivity index (χ3v) is 5.73. The molecule has 0 aromatic heterocycles. The van der Waals surface area contributed by atoms with Crippen molar-refractivity contribution in [2.75, 3.05) is 0 Å². The molecule has 0 spiro atoms. The number of carboxylic acid groups (broad SMARTS) is 1. The molecule has 1 aromatic carbocycles. The maximum atomic E-state index is 11.5. The van der Waals surface area contributed by atoms with Crippen LogP contribution in [-0.4, -0.2) is 16.3 Å². The molecule has 0 aliphatic heterocycles. The van der Waals surface area contributed by atoms with E-state index in [0.717, 1.165) is 19.3 Å². The highest BCUT2D eigenvalue weighted by Gasteiger charge is 2.39. The lowest BCUT2D eigenvalue weighted by molar-refractivity contribution is -0.143. The van der Waals surface area contributed by atoms with Crippen molar-refractivity contribution in [2.45, 2.75) is 50.2 Å². The second kappa shape index (κ2) is 6.21. The molecule has 2 rings (SSSR count). The highest BCUT2D eigenvalue weighted by atomic mass is 32.2. The van der Waals surface area contributed by atoms with E-state index in [0.29, 0.717) is 5.92 Å². The van der Waals surface area contributed by atoms with Crippen molar-refractivity contribution in [3.05, 3.63) is 30.3 Å². The molecule has 0 heterocycles. The molecule has 1 aliphatic carbocycles. The van der Waals surface area contributed by atoms with Crippen molar-refractivity contribution in [3.8, 4) is 0 Å². The zero-order valence-corrected chi connectivity index (χ0v) is 13.3. The van der Waals surface area contributed by atoms with E-state index in [2.05, 4.69) is 32.9 Å². The van der Waals surface area contributed by atoms with Crippen LogP contribution >= 0.6 is 11.8 Å². The van der Waals surface area contributed by atoms with Gasteiger partial charge in [-0.3, -0.25) is 4.79 Å². The summed E-state index contributed by atoms with van der Waals surface area (Å²) in [5.74, 6) is -0.232. The molecule has 1 aromatic rings. The van der Waals surface area contributed by atoms with E-state index in [1.54, 1.807) is 11.8 Å². The lowest BCUT2D eigenvalue weighted by atomic mass is 9.69. The SMILES string of the molecule is CC(C)(C)C1CCC(C(=O)O)C(Sc2ccccc2)C1. The highest BCUT2D eigenvalue weighted by molar-refractivity contribution is 8.00. The van der Waals surface area contributed by atoms with Gasteiger partial charge in [0, 0.05) is 10.1 Å². The van der Waals surface area contributed by atoms with Crippen LogP contribution < -0.4 is 0 Å². The monoisotopic (exact) mass is 292 g/mol. The van der Waals surface area contributed by atoms with Crippen LogP contribution in [0.2, 0.25) is 0 Å². The van der Waals surface area contributed by atoms with Gasteiger partial charge in [-0.2, -0.15) is 0 Å². The second-order valence-electron chi connectivity index (χ2n) is 6.79. The number of aliphatic carboxylic acids is 1. The molecule has 0 radical (unpaired) electrons. The standard InChI is InChI=1S/C17H24O2S/c1-17(2,3)12-9-10-14(16(18)19)15(11-12)20-13-7-5-4-6-8-13/h4-8,12,14-15H,9-11H2,1-3H3,(H,18,19). The lowest BCUT2D eigenvalue weighted by Gasteiger charge is -2.40. The molecule has 1 N–H and O–H groups in total. The van der Waals surface area contributed by atoms with E-state index in [1.165, 1.54) is 4.90 Å². The van der Waals surface area contributed by atoms with E-state index in [1.807, 2.05) is 18.2 Å². The number of thioether (sulfide) groups is 1. The summed E-state index contributed by atoms with van der Waals surface area (Å²) < 4.78 is 0. The van der Waals surface area contributed by atoms with Crippen LogP contribution in [0.3, 0.4) is 0 Å². The summed E-state index contributed by atoms with van der Waals surface area (Å²) in [6.45, 7) is 6.80. The van der Waals surface area contributed by atoms with E-state index in [4.69, 9.17) is 0 Å². The number of carboxylic acids is 1. The summed E-state index contributed by atoms with van der Waals surface area (Å²) in [7, 11) is 0. The zero-order valence-electron chi connectivity index (χ0n) is 12.5. The van der Waals surface area contributed by atoms with Crippen LogP contribution in [0, 0.1) is 17.3 Å². The van der Waals surface area contributed by atoms with Gasteiger partial charge in [-0.25, -0.2) is 0 Å². The molecule has 0 bridgehead atoms. The van der Waals surface area contributed by atoms with Crippen LogP contribution in [0.4, 0.5) is 0 Å². The maximum Gasteiger partial charge on any atom is 0.307 e. The van der Waals surface area contributed by atoms with E-state index in [-0.39, 0.29) is 16.6 Å². The quantitative estimate of drug-likeness (QED) is 0.877. The van der Waals surface area contributed by atoms with Crippen molar-refractivity contribution < 1.29 is 9.90 Å². The number of rotatable bonds is 3. The highest BCUT2D eigenvalue weighted by Crippen LogP contribution is 2.45. The van der Waals surface area contributed by atoms with Gasteiger partial charge in [0.15, 0.2) is 0 Å². The third-order valence-electron chi connectivity index (χ3n) is 4.36. The Kier molecular flexibility index (Phi) is 4.79. The molecule has 0 saturated heterocycles. The smallest absolute Gasteiger partial charge is 0.307 e. The molecule has 1 aliphatic rings. The fourth-order valence-electron chi connectivity index (χ4n) is 3.00. The van der Waals surface area contributed by atoms with Crippen molar-refractivity contribution in [1.82, 2.24) is 0 Å². The number of benzene rings is 1. The Balaban J connectivity index is 2.13. The summed E-state index contributed by atoms with van der Waals surface area (Å²) >= 11 is 1.74. The lowest BCUT2D eigenvalue weighted by Crippen LogP contribution is -2.37. The van der Waals surface area contributed by atoms with Gasteiger partial charge in [0.2, 0.25) is 0 Å². The van der Waals surface area contributed by atoms with Crippen LogP contribution in [0.1, 0.15) is 40.0 Å². The predicted octanol–water partition coefficient (Wildman–Crippen LogP) is 4.69. The Labute approximate surface area is 126 Å². The Hall–Kier alpha value is -0.960. The fraction of sp³-hybridized carbons (Fsp3) is 0.588. The van der Waals surface area contributed by atoms with Crippen LogP contribution in [0.5, 0.6) is 0 Å². The Morgan fingerprint density at radius 3 is 2.40 bits per heavy atom. The third kappa shape index (κ3) is 3.78. The van der Waals surface area contributed by atoms with Crippen molar-refractivity contribution >= 4 is 17.7 Å². The molecule has 1 fully saturated rings. The molecule has 2 nitrogen and oxygen atoms in total. The molecule has 110 valence electrons. The average molecular weight is 292 g/mol. The van der Waals surface area contributed by atoms with Gasteiger partial charge in [0.1, 0.15) is 0 Å². The molecule has 1 saturated carbocycles. The molecule has 3 atom stereocenters. The molecular formula is C17H24O2S. The van der Waals surface area contributed by atoms with Gasteiger partial charge < -0.3 is 5.11 Å². The second-order valence-corrected chi connectivity index (χ2v) is 8.10. The summed E-state index contributed by atoms with van der Waals surface area (Å²) in [5, 5.41) is 9.65. The van der Waals surface area contributed by atoms with Gasteiger partial charge >= 0.3 is 5.97 Å². The normalized spacial score (nSPS) is 27.2. The minimum Gasteiger partial charge on any atom is -0.481 e. The molecule has 3 unspecified atom stereocenters. The number of hydrogen-bond donors (Lipinski definition) is 1. The Morgan fingerprint density at radius 2 is 1.85 bits per heavy atom. The molecule has 3 heteroatoms. The topological polar surface area (TPSA) is 37.3 Å². The first-order chi connectivity index (χ1) is 9.38. The van der Waals surface area contributed by atoms with Crippen molar-refractivity contribution in [3.63, 3.8) is 0 Å². The first-order valence-electron chi connectivity index (χ1n) is 7.32. The van der Waals surface area contributed by atoms with Crippen molar-refractivity contribution in [2.24, 2.45) is 17.3 Å². The average Bonchev–Trinajstić information content (AvgIpc) is 2.38. The summed E-state index contributed by atoms with van der Waals surface area (Å²) in [6.07, 6.45) is 2.84. The van der Waals surface area contributed by atoms with E-state index in [9.17, 15) is 9.90 Å². The van der Waals surface area contributed by atoms with Crippen LogP contribution in [0.25, 0.3) is 0 Å². The van der Waals surface area contributed by atoms with Crippen molar-refractivity contribution in [1.29, 1.82) is 0 Å². The largest absolute Gasteiger partial charge is 0.481 e. The number of carbonyl (C=O) groups is 1. The van der Waals surface area contributed by atoms with Gasteiger partial charge in [-0.05, 0) is 42.7 Å². The van der Waals surface area contributed by atoms with Crippen LogP contribution in [-0.2, 0) is 4.79 Å². The maximum absolute atomic E-state index is 11.5. The number of hydrogen-bond acceptors (Lipinski definition) is 2. The van der Waals surface area contributed by atoms with E-state index < -0.39 is 5.97 Å². The minimum absolute atomic E-state index is 0.188. The fourth-order valence-corrected chi connectivity index (χ4v) is 4.41. The molecular weight excluding hydrogens is 268 g/mol. The van der Waals surface area contributed by atoms with Gasteiger partial charge in [-0.15, -0.1) is 11.8 Å². The summed E-state index contributed by atoms with van der Waals surface area (Å²) in [6, 6.07) is 10.2. The minimum atomic E-state index is -0.634. The van der Waals surface area contributed by atoms with Gasteiger partial charge in [0.05, 0.1) is 5.92 Å².